The van der Waals surface area contributed by atoms with Gasteiger partial charge in [-0.05, 0) is 26.3 Å². The third-order valence-corrected chi connectivity index (χ3v) is 2.38. The van der Waals surface area contributed by atoms with Crippen LogP contribution in [-0.4, -0.2) is 36.5 Å². The maximum absolute atomic E-state index is 11.7. The second kappa shape index (κ2) is 5.66. The number of carbonyl (C=O) groups excluding carboxylic acids is 1. The Morgan fingerprint density at radius 3 is 3.07 bits per heavy atom. The number of hydrogen-bond acceptors (Lipinski definition) is 2. The number of likely N-dealkylation sites (tertiary alicyclic amines) is 1. The van der Waals surface area contributed by atoms with Gasteiger partial charge in [-0.2, -0.15) is 0 Å². The van der Waals surface area contributed by atoms with Gasteiger partial charge in [0.25, 0.3) is 0 Å². The van der Waals surface area contributed by atoms with E-state index in [2.05, 4.69) is 24.1 Å². The number of nitrogens with one attached hydrogen (secondary N) is 1. The van der Waals surface area contributed by atoms with Gasteiger partial charge in [0.2, 0.25) is 5.91 Å². The zero-order valence-electron chi connectivity index (χ0n) is 8.97. The molecule has 0 radical (unpaired) electrons. The average molecular weight is 194 g/mol. The van der Waals surface area contributed by atoms with E-state index in [1.807, 2.05) is 4.90 Å². The summed E-state index contributed by atoms with van der Waals surface area (Å²) in [6.07, 6.45) is 1.99. The Balaban J connectivity index is 2.37. The Bertz CT molecular complexity index is 252. The van der Waals surface area contributed by atoms with Crippen LogP contribution >= 0.6 is 0 Å². The molecule has 1 heterocycles. The Hall–Kier alpha value is -1.01. The van der Waals surface area contributed by atoms with Crippen molar-refractivity contribution in [3.05, 3.63) is 0 Å². The Labute approximate surface area is 85.9 Å². The first-order valence-corrected chi connectivity index (χ1v) is 5.21. The standard InChI is InChI=1S/C11H18N2O/c1-3-5-8-13-9-6-10(11(13)14)12-7-4-2/h10,12H,4,6-9H2,1-2H3. The van der Waals surface area contributed by atoms with E-state index in [9.17, 15) is 4.79 Å². The lowest BCUT2D eigenvalue weighted by molar-refractivity contribution is -0.128. The van der Waals surface area contributed by atoms with Crippen LogP contribution in [-0.2, 0) is 4.79 Å². The predicted molar refractivity (Wildman–Crippen MR) is 56.7 cm³/mol. The van der Waals surface area contributed by atoms with Crippen molar-refractivity contribution in [2.75, 3.05) is 19.6 Å². The van der Waals surface area contributed by atoms with Crippen LogP contribution in [0.3, 0.4) is 0 Å². The highest BCUT2D eigenvalue weighted by Crippen LogP contribution is 2.10. The average Bonchev–Trinajstić information content (AvgIpc) is 2.54. The number of nitrogens with zero attached hydrogens (tertiary/aromatic N) is 1. The molecule has 14 heavy (non-hydrogen) atoms. The van der Waals surface area contributed by atoms with E-state index in [1.165, 1.54) is 0 Å². The lowest BCUT2D eigenvalue weighted by atomic mass is 10.2. The molecule has 0 aromatic heterocycles. The second-order valence-corrected chi connectivity index (χ2v) is 3.48. The minimum Gasteiger partial charge on any atom is -0.330 e. The molecule has 0 aromatic rings. The predicted octanol–water partition coefficient (Wildman–Crippen LogP) is 0.610. The molecule has 3 nitrogen and oxygen atoms in total. The minimum atomic E-state index is 0.0357. The zero-order valence-corrected chi connectivity index (χ0v) is 8.97. The van der Waals surface area contributed by atoms with Crippen molar-refractivity contribution in [3.63, 3.8) is 0 Å². The molecule has 1 atom stereocenters. The minimum absolute atomic E-state index is 0.0357. The summed E-state index contributed by atoms with van der Waals surface area (Å²) < 4.78 is 0. The molecule has 0 bridgehead atoms. The molecule has 0 saturated carbocycles. The van der Waals surface area contributed by atoms with Crippen molar-refractivity contribution in [1.82, 2.24) is 10.2 Å². The van der Waals surface area contributed by atoms with Crippen molar-refractivity contribution in [2.24, 2.45) is 0 Å². The number of rotatable bonds is 4. The van der Waals surface area contributed by atoms with E-state index < -0.39 is 0 Å². The van der Waals surface area contributed by atoms with E-state index in [0.717, 1.165) is 25.9 Å². The molecule has 1 fully saturated rings. The SMILES string of the molecule is CC#CCN1CCC(NCCC)C1=O. The van der Waals surface area contributed by atoms with Crippen molar-refractivity contribution in [1.29, 1.82) is 0 Å². The molecule has 1 aliphatic heterocycles. The smallest absolute Gasteiger partial charge is 0.240 e. The molecule has 1 unspecified atom stereocenters. The fourth-order valence-electron chi connectivity index (χ4n) is 1.58. The van der Waals surface area contributed by atoms with Gasteiger partial charge in [0.15, 0.2) is 0 Å². The van der Waals surface area contributed by atoms with Gasteiger partial charge in [-0.1, -0.05) is 12.8 Å². The monoisotopic (exact) mass is 194 g/mol. The molecule has 0 spiro atoms. The quantitative estimate of drug-likeness (QED) is 0.665. The Morgan fingerprint density at radius 2 is 2.43 bits per heavy atom. The van der Waals surface area contributed by atoms with Gasteiger partial charge in [0.05, 0.1) is 12.6 Å². The van der Waals surface area contributed by atoms with Crippen LogP contribution in [0.25, 0.3) is 0 Å². The van der Waals surface area contributed by atoms with Crippen LogP contribution in [0, 0.1) is 11.8 Å². The summed E-state index contributed by atoms with van der Waals surface area (Å²) in [5.41, 5.74) is 0. The lowest BCUT2D eigenvalue weighted by Gasteiger charge is -2.13. The van der Waals surface area contributed by atoms with Gasteiger partial charge in [0.1, 0.15) is 0 Å². The largest absolute Gasteiger partial charge is 0.330 e. The molecule has 1 rings (SSSR count). The molecular formula is C11H18N2O. The summed E-state index contributed by atoms with van der Waals surface area (Å²) in [6.45, 7) is 6.25. The molecular weight excluding hydrogens is 176 g/mol. The molecule has 0 aliphatic carbocycles. The van der Waals surface area contributed by atoms with Gasteiger partial charge in [-0.25, -0.2) is 0 Å². The summed E-state index contributed by atoms with van der Waals surface area (Å²) in [5, 5.41) is 3.25. The van der Waals surface area contributed by atoms with E-state index in [4.69, 9.17) is 0 Å². The van der Waals surface area contributed by atoms with E-state index in [-0.39, 0.29) is 11.9 Å². The first-order chi connectivity index (χ1) is 6.79. The first kappa shape index (κ1) is 11.1. The van der Waals surface area contributed by atoms with Crippen molar-refractivity contribution in [3.8, 4) is 11.8 Å². The highest BCUT2D eigenvalue weighted by molar-refractivity contribution is 5.84. The van der Waals surface area contributed by atoms with E-state index in [0.29, 0.717) is 6.54 Å². The normalized spacial score (nSPS) is 20.9. The van der Waals surface area contributed by atoms with Gasteiger partial charge in [0, 0.05) is 6.54 Å². The number of amides is 1. The van der Waals surface area contributed by atoms with Crippen molar-refractivity contribution >= 4 is 5.91 Å². The molecule has 1 amide bonds. The second-order valence-electron chi connectivity index (χ2n) is 3.48. The number of hydrogen-bond donors (Lipinski definition) is 1. The van der Waals surface area contributed by atoms with Crippen molar-refractivity contribution < 1.29 is 4.79 Å². The van der Waals surface area contributed by atoms with Crippen LogP contribution < -0.4 is 5.32 Å². The highest BCUT2D eigenvalue weighted by atomic mass is 16.2. The summed E-state index contributed by atoms with van der Waals surface area (Å²) in [4.78, 5) is 13.5. The van der Waals surface area contributed by atoms with Gasteiger partial charge >= 0.3 is 0 Å². The van der Waals surface area contributed by atoms with Crippen LogP contribution in [0.1, 0.15) is 26.7 Å². The molecule has 1 aliphatic rings. The third kappa shape index (κ3) is 2.74. The van der Waals surface area contributed by atoms with Crippen LogP contribution in [0.5, 0.6) is 0 Å². The first-order valence-electron chi connectivity index (χ1n) is 5.21. The third-order valence-electron chi connectivity index (χ3n) is 2.38. The van der Waals surface area contributed by atoms with Gasteiger partial charge in [-0.3, -0.25) is 4.79 Å². The molecule has 0 aromatic carbocycles. The molecule has 1 N–H and O–H groups in total. The highest BCUT2D eigenvalue weighted by Gasteiger charge is 2.29. The molecule has 3 heteroatoms. The molecule has 78 valence electrons. The van der Waals surface area contributed by atoms with Crippen molar-refractivity contribution in [2.45, 2.75) is 32.7 Å². The van der Waals surface area contributed by atoms with E-state index >= 15 is 0 Å². The summed E-state index contributed by atoms with van der Waals surface area (Å²) in [5.74, 6) is 5.94. The topological polar surface area (TPSA) is 32.3 Å². The summed E-state index contributed by atoms with van der Waals surface area (Å²) in [6, 6.07) is 0.0357. The summed E-state index contributed by atoms with van der Waals surface area (Å²) in [7, 11) is 0. The number of carbonyl (C=O) groups is 1. The maximum Gasteiger partial charge on any atom is 0.240 e. The fourth-order valence-corrected chi connectivity index (χ4v) is 1.58. The van der Waals surface area contributed by atoms with Crippen LogP contribution in [0.2, 0.25) is 0 Å². The zero-order chi connectivity index (χ0) is 10.4. The van der Waals surface area contributed by atoms with Gasteiger partial charge < -0.3 is 10.2 Å². The van der Waals surface area contributed by atoms with Crippen LogP contribution in [0.15, 0.2) is 0 Å². The van der Waals surface area contributed by atoms with Gasteiger partial charge in [-0.15, -0.1) is 5.92 Å². The maximum atomic E-state index is 11.7. The lowest BCUT2D eigenvalue weighted by Crippen LogP contribution is -2.38. The van der Waals surface area contributed by atoms with E-state index in [1.54, 1.807) is 6.92 Å². The molecule has 1 saturated heterocycles. The summed E-state index contributed by atoms with van der Waals surface area (Å²) >= 11 is 0. The fraction of sp³-hybridized carbons (Fsp3) is 0.727. The van der Waals surface area contributed by atoms with Crippen LogP contribution in [0.4, 0.5) is 0 Å². The Morgan fingerprint density at radius 1 is 1.64 bits per heavy atom. The Kier molecular flexibility index (Phi) is 4.48.